The maximum atomic E-state index is 3.66. The van der Waals surface area contributed by atoms with E-state index < -0.39 is 0 Å². The van der Waals surface area contributed by atoms with Crippen molar-refractivity contribution in [3.05, 3.63) is 29.8 Å². The topological polar surface area (TPSA) is 12.0 Å². The maximum Gasteiger partial charge on any atom is 0.0219 e. The van der Waals surface area contributed by atoms with E-state index in [1.54, 1.807) is 0 Å². The smallest absolute Gasteiger partial charge is 0.0219 e. The summed E-state index contributed by atoms with van der Waals surface area (Å²) in [5.74, 6) is 0. The Hall–Kier alpha value is -0.470. The summed E-state index contributed by atoms with van der Waals surface area (Å²) in [4.78, 5) is 1.41. The first kappa shape index (κ1) is 11.0. The van der Waals surface area contributed by atoms with Gasteiger partial charge in [0.05, 0.1) is 0 Å². The fraction of sp³-hybridized carbons (Fsp3) is 0.538. The van der Waals surface area contributed by atoms with Crippen LogP contribution in [0.4, 0.5) is 0 Å². The summed E-state index contributed by atoms with van der Waals surface area (Å²) >= 11 is 1.84. The van der Waals surface area contributed by atoms with Crippen LogP contribution in [0.3, 0.4) is 0 Å². The van der Waals surface area contributed by atoms with Gasteiger partial charge in [-0.25, -0.2) is 0 Å². The van der Waals surface area contributed by atoms with Crippen LogP contribution in [0.5, 0.6) is 0 Å². The lowest BCUT2D eigenvalue weighted by molar-refractivity contribution is 0.521. The molecule has 1 aliphatic carbocycles. The number of hydrogen-bond donors (Lipinski definition) is 1. The molecule has 1 aliphatic rings. The second-order valence-electron chi connectivity index (χ2n) is 4.17. The molecule has 1 nitrogen and oxygen atoms in total. The molecule has 0 bridgehead atoms. The van der Waals surface area contributed by atoms with E-state index in [1.807, 2.05) is 11.8 Å². The summed E-state index contributed by atoms with van der Waals surface area (Å²) < 4.78 is 0. The molecule has 2 rings (SSSR count). The molecule has 2 heteroatoms. The summed E-state index contributed by atoms with van der Waals surface area (Å²) in [7, 11) is 0. The largest absolute Gasteiger partial charge is 0.310 e. The standard InChI is InChI=1S/C13H19NS/c1-15-13-9-5-2-6-11(13)10-14-12-7-3-4-8-12/h2,5-6,9,12,14H,3-4,7-8,10H2,1H3. The predicted octanol–water partition coefficient (Wildman–Crippen LogP) is 3.44. The Labute approximate surface area is 96.7 Å². The van der Waals surface area contributed by atoms with E-state index in [0.717, 1.165) is 12.6 Å². The van der Waals surface area contributed by atoms with E-state index in [4.69, 9.17) is 0 Å². The van der Waals surface area contributed by atoms with Crippen molar-refractivity contribution in [2.24, 2.45) is 0 Å². The lowest BCUT2D eigenvalue weighted by Gasteiger charge is -2.13. The SMILES string of the molecule is CSc1ccccc1CNC1CCCC1. The molecule has 82 valence electrons. The highest BCUT2D eigenvalue weighted by Crippen LogP contribution is 2.22. The quantitative estimate of drug-likeness (QED) is 0.782. The van der Waals surface area contributed by atoms with Gasteiger partial charge in [0, 0.05) is 17.5 Å². The molecule has 1 aromatic rings. The van der Waals surface area contributed by atoms with Gasteiger partial charge in [-0.1, -0.05) is 31.0 Å². The van der Waals surface area contributed by atoms with E-state index in [1.165, 1.54) is 36.1 Å². The second-order valence-corrected chi connectivity index (χ2v) is 5.02. The summed E-state index contributed by atoms with van der Waals surface area (Å²) in [6, 6.07) is 9.44. The minimum atomic E-state index is 0.764. The Balaban J connectivity index is 1.91. The van der Waals surface area contributed by atoms with E-state index in [-0.39, 0.29) is 0 Å². The monoisotopic (exact) mass is 221 g/mol. The molecule has 0 spiro atoms. The van der Waals surface area contributed by atoms with Gasteiger partial charge in [0.15, 0.2) is 0 Å². The first-order valence-corrected chi connectivity index (χ1v) is 6.98. The van der Waals surface area contributed by atoms with Crippen LogP contribution in [0.2, 0.25) is 0 Å². The fourth-order valence-corrected chi connectivity index (χ4v) is 2.85. The third-order valence-electron chi connectivity index (χ3n) is 3.13. The molecule has 1 saturated carbocycles. The molecule has 0 atom stereocenters. The zero-order valence-corrected chi connectivity index (χ0v) is 10.1. The van der Waals surface area contributed by atoms with Gasteiger partial charge >= 0.3 is 0 Å². The van der Waals surface area contributed by atoms with Crippen molar-refractivity contribution in [1.29, 1.82) is 0 Å². The van der Waals surface area contributed by atoms with Crippen LogP contribution in [0.15, 0.2) is 29.2 Å². The molecule has 0 aliphatic heterocycles. The molecule has 0 amide bonds. The van der Waals surface area contributed by atoms with Gasteiger partial charge in [-0.05, 0) is 30.7 Å². The average Bonchev–Trinajstić information content (AvgIpc) is 2.79. The highest BCUT2D eigenvalue weighted by atomic mass is 32.2. The normalized spacial score (nSPS) is 17.1. The van der Waals surface area contributed by atoms with Crippen molar-refractivity contribution < 1.29 is 0 Å². The summed E-state index contributed by atoms with van der Waals surface area (Å²) in [6.07, 6.45) is 7.68. The van der Waals surface area contributed by atoms with Gasteiger partial charge in [-0.3, -0.25) is 0 Å². The van der Waals surface area contributed by atoms with Crippen molar-refractivity contribution in [1.82, 2.24) is 5.32 Å². The number of rotatable bonds is 4. The molecule has 1 aromatic carbocycles. The zero-order valence-electron chi connectivity index (χ0n) is 9.33. The molecular weight excluding hydrogens is 202 g/mol. The van der Waals surface area contributed by atoms with Crippen molar-refractivity contribution >= 4 is 11.8 Å². The van der Waals surface area contributed by atoms with Gasteiger partial charge in [-0.15, -0.1) is 11.8 Å². The maximum absolute atomic E-state index is 3.66. The Kier molecular flexibility index (Phi) is 4.09. The Morgan fingerprint density at radius 3 is 2.73 bits per heavy atom. The van der Waals surface area contributed by atoms with Crippen LogP contribution in [0, 0.1) is 0 Å². The minimum Gasteiger partial charge on any atom is -0.310 e. The number of thioether (sulfide) groups is 1. The van der Waals surface area contributed by atoms with Gasteiger partial charge in [0.25, 0.3) is 0 Å². The molecule has 1 N–H and O–H groups in total. The van der Waals surface area contributed by atoms with Crippen LogP contribution in [-0.4, -0.2) is 12.3 Å². The fourth-order valence-electron chi connectivity index (χ4n) is 2.23. The van der Waals surface area contributed by atoms with Crippen LogP contribution in [-0.2, 0) is 6.54 Å². The van der Waals surface area contributed by atoms with E-state index >= 15 is 0 Å². The van der Waals surface area contributed by atoms with E-state index in [9.17, 15) is 0 Å². The molecule has 0 radical (unpaired) electrons. The molecule has 15 heavy (non-hydrogen) atoms. The lowest BCUT2D eigenvalue weighted by atomic mass is 10.2. The first-order valence-electron chi connectivity index (χ1n) is 5.75. The van der Waals surface area contributed by atoms with Crippen LogP contribution in [0.25, 0.3) is 0 Å². The van der Waals surface area contributed by atoms with Crippen molar-refractivity contribution in [2.45, 2.75) is 43.2 Å². The second kappa shape index (κ2) is 5.57. The lowest BCUT2D eigenvalue weighted by Crippen LogP contribution is -2.25. The van der Waals surface area contributed by atoms with Gasteiger partial charge in [-0.2, -0.15) is 0 Å². The Bertz CT molecular complexity index is 305. The van der Waals surface area contributed by atoms with E-state index in [0.29, 0.717) is 0 Å². The predicted molar refractivity (Wildman–Crippen MR) is 67.3 cm³/mol. The Morgan fingerprint density at radius 2 is 2.00 bits per heavy atom. The van der Waals surface area contributed by atoms with Crippen LogP contribution in [0.1, 0.15) is 31.2 Å². The molecule has 1 fully saturated rings. The van der Waals surface area contributed by atoms with Crippen molar-refractivity contribution in [3.8, 4) is 0 Å². The van der Waals surface area contributed by atoms with Gasteiger partial charge < -0.3 is 5.32 Å². The average molecular weight is 221 g/mol. The van der Waals surface area contributed by atoms with Crippen molar-refractivity contribution in [3.63, 3.8) is 0 Å². The molecule has 0 aromatic heterocycles. The number of nitrogens with one attached hydrogen (secondary N) is 1. The molecule has 0 unspecified atom stereocenters. The summed E-state index contributed by atoms with van der Waals surface area (Å²) in [6.45, 7) is 1.03. The zero-order chi connectivity index (χ0) is 10.5. The van der Waals surface area contributed by atoms with Gasteiger partial charge in [0.2, 0.25) is 0 Å². The van der Waals surface area contributed by atoms with Crippen molar-refractivity contribution in [2.75, 3.05) is 6.26 Å². The summed E-state index contributed by atoms with van der Waals surface area (Å²) in [5, 5.41) is 3.66. The minimum absolute atomic E-state index is 0.764. The van der Waals surface area contributed by atoms with Crippen LogP contribution < -0.4 is 5.32 Å². The highest BCUT2D eigenvalue weighted by molar-refractivity contribution is 7.98. The third kappa shape index (κ3) is 2.99. The number of benzene rings is 1. The molecule has 0 saturated heterocycles. The molecule has 0 heterocycles. The third-order valence-corrected chi connectivity index (χ3v) is 3.97. The van der Waals surface area contributed by atoms with Crippen LogP contribution >= 0.6 is 11.8 Å². The first-order chi connectivity index (χ1) is 7.40. The van der Waals surface area contributed by atoms with Gasteiger partial charge in [0.1, 0.15) is 0 Å². The summed E-state index contributed by atoms with van der Waals surface area (Å²) in [5.41, 5.74) is 1.44. The Morgan fingerprint density at radius 1 is 1.27 bits per heavy atom. The van der Waals surface area contributed by atoms with E-state index in [2.05, 4.69) is 35.8 Å². The molecular formula is C13H19NS. The number of hydrogen-bond acceptors (Lipinski definition) is 2. The highest BCUT2D eigenvalue weighted by Gasteiger charge is 2.14.